The SMILES string of the molecule is CN(C)CCc1cnc(N)nc1N.O=C(O)C(F)(F)F. The quantitative estimate of drug-likeness (QED) is 0.737. The number of carboxylic acid groups (broad SMARTS) is 1. The lowest BCUT2D eigenvalue weighted by atomic mass is 10.2. The van der Waals surface area contributed by atoms with Crippen LogP contribution in [0.3, 0.4) is 0 Å². The second-order valence-corrected chi connectivity index (χ2v) is 3.99. The molecule has 0 fully saturated rings. The minimum atomic E-state index is -5.08. The number of hydrogen-bond donors (Lipinski definition) is 3. The Morgan fingerprint density at radius 2 is 1.90 bits per heavy atom. The molecule has 0 aliphatic rings. The number of aliphatic carboxylic acids is 1. The molecule has 0 bridgehead atoms. The third-order valence-corrected chi connectivity index (χ3v) is 1.99. The Labute approximate surface area is 113 Å². The molecule has 0 aliphatic carbocycles. The number of alkyl halides is 3. The van der Waals surface area contributed by atoms with Crippen molar-refractivity contribution in [3.05, 3.63) is 11.8 Å². The zero-order valence-electron chi connectivity index (χ0n) is 11.0. The van der Waals surface area contributed by atoms with Crippen molar-refractivity contribution in [2.45, 2.75) is 12.6 Å². The van der Waals surface area contributed by atoms with Gasteiger partial charge < -0.3 is 21.5 Å². The highest BCUT2D eigenvalue weighted by atomic mass is 19.4. The van der Waals surface area contributed by atoms with Crippen molar-refractivity contribution in [2.24, 2.45) is 0 Å². The van der Waals surface area contributed by atoms with E-state index in [1.54, 1.807) is 6.20 Å². The first kappa shape index (κ1) is 17.9. The molecule has 1 aromatic heterocycles. The molecule has 1 heterocycles. The van der Waals surface area contributed by atoms with Gasteiger partial charge in [-0.05, 0) is 20.5 Å². The van der Waals surface area contributed by atoms with E-state index in [0.29, 0.717) is 5.82 Å². The first-order chi connectivity index (χ1) is 9.04. The monoisotopic (exact) mass is 295 g/mol. The van der Waals surface area contributed by atoms with Gasteiger partial charge in [-0.3, -0.25) is 0 Å². The third-order valence-electron chi connectivity index (χ3n) is 1.99. The van der Waals surface area contributed by atoms with E-state index in [-0.39, 0.29) is 5.95 Å². The number of nitrogens with zero attached hydrogens (tertiary/aromatic N) is 3. The van der Waals surface area contributed by atoms with Crippen LogP contribution in [0.25, 0.3) is 0 Å². The Bertz CT molecular complexity index is 451. The summed E-state index contributed by atoms with van der Waals surface area (Å²) in [5.41, 5.74) is 12.0. The van der Waals surface area contributed by atoms with E-state index in [9.17, 15) is 13.2 Å². The number of anilines is 2. The van der Waals surface area contributed by atoms with Gasteiger partial charge in [-0.15, -0.1) is 0 Å². The summed E-state index contributed by atoms with van der Waals surface area (Å²) < 4.78 is 31.7. The molecule has 10 heteroatoms. The summed E-state index contributed by atoms with van der Waals surface area (Å²) in [5.74, 6) is -2.05. The molecule has 0 amide bonds. The van der Waals surface area contributed by atoms with Crippen LogP contribution in [0.1, 0.15) is 5.56 Å². The maximum Gasteiger partial charge on any atom is 0.490 e. The molecule has 0 aromatic carbocycles. The summed E-state index contributed by atoms with van der Waals surface area (Å²) in [6, 6.07) is 0. The number of carbonyl (C=O) groups is 1. The van der Waals surface area contributed by atoms with Crippen molar-refractivity contribution in [1.29, 1.82) is 0 Å². The molecular formula is C10H16F3N5O2. The van der Waals surface area contributed by atoms with Gasteiger partial charge in [0.15, 0.2) is 0 Å². The largest absolute Gasteiger partial charge is 0.490 e. The third kappa shape index (κ3) is 7.36. The van der Waals surface area contributed by atoms with Gasteiger partial charge in [-0.1, -0.05) is 0 Å². The highest BCUT2D eigenvalue weighted by Crippen LogP contribution is 2.13. The van der Waals surface area contributed by atoms with Gasteiger partial charge in [0, 0.05) is 18.3 Å². The second-order valence-electron chi connectivity index (χ2n) is 3.99. The van der Waals surface area contributed by atoms with Gasteiger partial charge in [0.2, 0.25) is 5.95 Å². The number of likely N-dealkylation sites (N-methyl/N-ethyl adjacent to an activating group) is 1. The average molecular weight is 295 g/mol. The molecule has 0 unspecified atom stereocenters. The Balaban J connectivity index is 0.000000441. The van der Waals surface area contributed by atoms with Gasteiger partial charge in [0.25, 0.3) is 0 Å². The lowest BCUT2D eigenvalue weighted by Gasteiger charge is -2.09. The first-order valence-electron chi connectivity index (χ1n) is 5.35. The van der Waals surface area contributed by atoms with E-state index >= 15 is 0 Å². The van der Waals surface area contributed by atoms with Gasteiger partial charge in [-0.25, -0.2) is 9.78 Å². The summed E-state index contributed by atoms with van der Waals surface area (Å²) in [4.78, 5) is 18.7. The molecule has 20 heavy (non-hydrogen) atoms. The minimum absolute atomic E-state index is 0.228. The van der Waals surface area contributed by atoms with Crippen LogP contribution in [0, 0.1) is 0 Å². The number of hydrogen-bond acceptors (Lipinski definition) is 6. The van der Waals surface area contributed by atoms with Crippen LogP contribution in [-0.4, -0.2) is 52.8 Å². The molecule has 7 nitrogen and oxygen atoms in total. The molecule has 0 aliphatic heterocycles. The number of aromatic nitrogens is 2. The molecule has 114 valence electrons. The van der Waals surface area contributed by atoms with Crippen LogP contribution in [0.2, 0.25) is 0 Å². The van der Waals surface area contributed by atoms with Crippen molar-refractivity contribution >= 4 is 17.7 Å². The topological polar surface area (TPSA) is 118 Å². The van der Waals surface area contributed by atoms with Gasteiger partial charge in [0.1, 0.15) is 5.82 Å². The van der Waals surface area contributed by atoms with Crippen LogP contribution in [0.15, 0.2) is 6.20 Å². The summed E-state index contributed by atoms with van der Waals surface area (Å²) in [5, 5.41) is 7.12. The van der Waals surface area contributed by atoms with Crippen molar-refractivity contribution in [1.82, 2.24) is 14.9 Å². The number of rotatable bonds is 3. The fourth-order valence-electron chi connectivity index (χ4n) is 0.971. The van der Waals surface area contributed by atoms with E-state index in [2.05, 4.69) is 14.9 Å². The van der Waals surface area contributed by atoms with Crippen molar-refractivity contribution in [2.75, 3.05) is 32.1 Å². The maximum atomic E-state index is 10.6. The normalized spacial score (nSPS) is 10.9. The fourth-order valence-corrected chi connectivity index (χ4v) is 0.971. The summed E-state index contributed by atoms with van der Waals surface area (Å²) in [7, 11) is 4.02. The average Bonchev–Trinajstić information content (AvgIpc) is 2.27. The number of halogens is 3. The van der Waals surface area contributed by atoms with Crippen molar-refractivity contribution in [3.63, 3.8) is 0 Å². The van der Waals surface area contributed by atoms with E-state index in [1.807, 2.05) is 14.1 Å². The maximum absolute atomic E-state index is 10.6. The molecule has 0 radical (unpaired) electrons. The highest BCUT2D eigenvalue weighted by Gasteiger charge is 2.38. The highest BCUT2D eigenvalue weighted by molar-refractivity contribution is 5.73. The predicted octanol–water partition coefficient (Wildman–Crippen LogP) is 0.378. The summed E-state index contributed by atoms with van der Waals surface area (Å²) in [6.45, 7) is 0.928. The fraction of sp³-hybridized carbons (Fsp3) is 0.500. The number of nitrogens with two attached hydrogens (primary N) is 2. The molecule has 1 rings (SSSR count). The van der Waals surface area contributed by atoms with Gasteiger partial charge in [0.05, 0.1) is 0 Å². The lowest BCUT2D eigenvalue weighted by molar-refractivity contribution is -0.192. The van der Waals surface area contributed by atoms with Crippen LogP contribution >= 0.6 is 0 Å². The van der Waals surface area contributed by atoms with E-state index < -0.39 is 12.1 Å². The number of carboxylic acids is 1. The number of nitrogen functional groups attached to an aromatic ring is 2. The Kier molecular flexibility index (Phi) is 6.69. The van der Waals surface area contributed by atoms with Gasteiger partial charge >= 0.3 is 12.1 Å². The molecular weight excluding hydrogens is 279 g/mol. The molecule has 1 aromatic rings. The van der Waals surface area contributed by atoms with Crippen LogP contribution in [-0.2, 0) is 11.2 Å². The summed E-state index contributed by atoms with van der Waals surface area (Å²) >= 11 is 0. The Morgan fingerprint density at radius 3 is 2.25 bits per heavy atom. The molecule has 5 N–H and O–H groups in total. The van der Waals surface area contributed by atoms with Crippen molar-refractivity contribution in [3.8, 4) is 0 Å². The molecule has 0 atom stereocenters. The second kappa shape index (κ2) is 7.48. The van der Waals surface area contributed by atoms with E-state index in [4.69, 9.17) is 21.4 Å². The van der Waals surface area contributed by atoms with E-state index in [1.165, 1.54) is 0 Å². The zero-order valence-corrected chi connectivity index (χ0v) is 11.0. The minimum Gasteiger partial charge on any atom is -0.475 e. The summed E-state index contributed by atoms with van der Waals surface area (Å²) in [6.07, 6.45) is -2.56. The Morgan fingerprint density at radius 1 is 1.40 bits per heavy atom. The molecule has 0 saturated heterocycles. The van der Waals surface area contributed by atoms with Crippen LogP contribution in [0.5, 0.6) is 0 Å². The lowest BCUT2D eigenvalue weighted by Crippen LogP contribution is -2.21. The Hall–Kier alpha value is -2.10. The first-order valence-corrected chi connectivity index (χ1v) is 5.35. The smallest absolute Gasteiger partial charge is 0.475 e. The van der Waals surface area contributed by atoms with Crippen LogP contribution < -0.4 is 11.5 Å². The van der Waals surface area contributed by atoms with E-state index in [0.717, 1.165) is 18.5 Å². The van der Waals surface area contributed by atoms with Crippen molar-refractivity contribution < 1.29 is 23.1 Å². The standard InChI is InChI=1S/C8H15N5.C2HF3O2/c1-13(2)4-3-6-5-11-8(10)12-7(6)9;3-2(4,5)1(6)7/h5H,3-4H2,1-2H3,(H4,9,10,11,12);(H,6,7). The molecule has 0 saturated carbocycles. The predicted molar refractivity (Wildman–Crippen MR) is 66.8 cm³/mol. The van der Waals surface area contributed by atoms with Crippen LogP contribution in [0.4, 0.5) is 24.9 Å². The zero-order chi connectivity index (χ0) is 15.9. The van der Waals surface area contributed by atoms with Gasteiger partial charge in [-0.2, -0.15) is 18.2 Å². The molecule has 0 spiro atoms.